The summed E-state index contributed by atoms with van der Waals surface area (Å²) < 4.78 is 6.71. The SMILES string of the molecule is Nc1nc(C(=O)C2CCCCCN2)cc2nc(-c3ccco3)nn12. The molecular formula is C16H18N6O2. The van der Waals surface area contributed by atoms with Crippen LogP contribution in [0.4, 0.5) is 5.95 Å². The van der Waals surface area contributed by atoms with Gasteiger partial charge in [-0.3, -0.25) is 4.79 Å². The van der Waals surface area contributed by atoms with Gasteiger partial charge in [-0.15, -0.1) is 5.10 Å². The second kappa shape index (κ2) is 6.04. The van der Waals surface area contributed by atoms with Crippen molar-refractivity contribution in [2.45, 2.75) is 31.7 Å². The molecule has 4 heterocycles. The minimum absolute atomic E-state index is 0.0475. The van der Waals surface area contributed by atoms with Crippen LogP contribution in [0.2, 0.25) is 0 Å². The number of fused-ring (bicyclic) bond motifs is 1. The van der Waals surface area contributed by atoms with Crippen molar-refractivity contribution in [3.05, 3.63) is 30.2 Å². The van der Waals surface area contributed by atoms with E-state index in [1.54, 1.807) is 24.5 Å². The molecule has 3 aromatic heterocycles. The molecule has 1 aliphatic rings. The summed E-state index contributed by atoms with van der Waals surface area (Å²) in [6.45, 7) is 0.849. The van der Waals surface area contributed by atoms with Crippen LogP contribution in [0.15, 0.2) is 28.9 Å². The topological polar surface area (TPSA) is 111 Å². The summed E-state index contributed by atoms with van der Waals surface area (Å²) in [6, 6.07) is 4.94. The Morgan fingerprint density at radius 2 is 2.25 bits per heavy atom. The van der Waals surface area contributed by atoms with Gasteiger partial charge in [0.25, 0.3) is 0 Å². The van der Waals surface area contributed by atoms with E-state index in [0.29, 0.717) is 22.9 Å². The Bertz CT molecular complexity index is 862. The predicted molar refractivity (Wildman–Crippen MR) is 87.5 cm³/mol. The van der Waals surface area contributed by atoms with Crippen LogP contribution in [0.25, 0.3) is 17.2 Å². The first kappa shape index (κ1) is 14.8. The fourth-order valence-corrected chi connectivity index (χ4v) is 2.98. The number of carbonyl (C=O) groups is 1. The van der Waals surface area contributed by atoms with Crippen molar-refractivity contribution in [1.82, 2.24) is 24.9 Å². The molecule has 0 radical (unpaired) electrons. The van der Waals surface area contributed by atoms with Crippen molar-refractivity contribution < 1.29 is 9.21 Å². The van der Waals surface area contributed by atoms with Gasteiger partial charge in [-0.1, -0.05) is 12.8 Å². The van der Waals surface area contributed by atoms with E-state index in [-0.39, 0.29) is 17.8 Å². The van der Waals surface area contributed by atoms with E-state index in [1.165, 1.54) is 4.52 Å². The van der Waals surface area contributed by atoms with Gasteiger partial charge in [-0.25, -0.2) is 9.97 Å². The first-order valence-corrected chi connectivity index (χ1v) is 8.07. The summed E-state index contributed by atoms with van der Waals surface area (Å²) in [5.41, 5.74) is 6.76. The third-order valence-electron chi connectivity index (χ3n) is 4.22. The molecule has 0 amide bonds. The highest BCUT2D eigenvalue weighted by molar-refractivity contribution is 5.99. The summed E-state index contributed by atoms with van der Waals surface area (Å²) in [7, 11) is 0. The van der Waals surface area contributed by atoms with Gasteiger partial charge in [0.2, 0.25) is 11.8 Å². The molecule has 8 nitrogen and oxygen atoms in total. The van der Waals surface area contributed by atoms with Gasteiger partial charge >= 0.3 is 0 Å². The van der Waals surface area contributed by atoms with E-state index in [9.17, 15) is 4.79 Å². The Morgan fingerprint density at radius 3 is 3.08 bits per heavy atom. The lowest BCUT2D eigenvalue weighted by Gasteiger charge is -2.14. The van der Waals surface area contributed by atoms with Crippen molar-refractivity contribution >= 4 is 17.4 Å². The van der Waals surface area contributed by atoms with Gasteiger partial charge in [0.15, 0.2) is 17.2 Å². The van der Waals surface area contributed by atoms with Crippen molar-refractivity contribution in [2.24, 2.45) is 0 Å². The van der Waals surface area contributed by atoms with Crippen molar-refractivity contribution in [3.8, 4) is 11.6 Å². The highest BCUT2D eigenvalue weighted by atomic mass is 16.3. The van der Waals surface area contributed by atoms with E-state index in [1.807, 2.05) is 0 Å². The van der Waals surface area contributed by atoms with E-state index in [0.717, 1.165) is 32.2 Å². The molecule has 0 aromatic carbocycles. The Balaban J connectivity index is 1.70. The lowest BCUT2D eigenvalue weighted by molar-refractivity contribution is 0.0935. The van der Waals surface area contributed by atoms with Crippen LogP contribution in [0.5, 0.6) is 0 Å². The standard InChI is InChI=1S/C16H18N6O2/c17-16-19-11(14(23)10-5-2-1-3-7-18-10)9-13-20-15(21-22(13)16)12-6-4-8-24-12/h4,6,8-10,18H,1-3,5,7H2,(H2,17,19). The largest absolute Gasteiger partial charge is 0.461 e. The average Bonchev–Trinajstić information content (AvgIpc) is 3.18. The number of carbonyl (C=O) groups excluding carboxylic acids is 1. The van der Waals surface area contributed by atoms with Crippen LogP contribution in [-0.4, -0.2) is 38.0 Å². The molecule has 1 aliphatic heterocycles. The maximum Gasteiger partial charge on any atom is 0.223 e. The minimum atomic E-state index is -0.214. The zero-order chi connectivity index (χ0) is 16.5. The highest BCUT2D eigenvalue weighted by Crippen LogP contribution is 2.19. The number of ketones is 1. The zero-order valence-electron chi connectivity index (χ0n) is 13.1. The van der Waals surface area contributed by atoms with Crippen LogP contribution in [0.1, 0.15) is 36.2 Å². The number of rotatable bonds is 3. The third kappa shape index (κ3) is 2.65. The second-order valence-corrected chi connectivity index (χ2v) is 5.90. The molecule has 3 aromatic rings. The molecule has 0 bridgehead atoms. The summed E-state index contributed by atoms with van der Waals surface area (Å²) in [6.07, 6.45) is 5.64. The molecule has 1 fully saturated rings. The number of furan rings is 1. The van der Waals surface area contributed by atoms with E-state index in [2.05, 4.69) is 20.4 Å². The number of hydrogen-bond acceptors (Lipinski definition) is 7. The predicted octanol–water partition coefficient (Wildman–Crippen LogP) is 1.68. The van der Waals surface area contributed by atoms with Crippen molar-refractivity contribution in [1.29, 1.82) is 0 Å². The van der Waals surface area contributed by atoms with Gasteiger partial charge in [0.1, 0.15) is 5.69 Å². The molecule has 1 atom stereocenters. The maximum atomic E-state index is 12.7. The van der Waals surface area contributed by atoms with Gasteiger partial charge in [0, 0.05) is 6.07 Å². The summed E-state index contributed by atoms with van der Waals surface area (Å²) >= 11 is 0. The van der Waals surface area contributed by atoms with Crippen LogP contribution in [-0.2, 0) is 0 Å². The molecule has 124 valence electrons. The zero-order valence-corrected chi connectivity index (χ0v) is 13.1. The number of aromatic nitrogens is 4. The van der Waals surface area contributed by atoms with Crippen LogP contribution < -0.4 is 11.1 Å². The summed E-state index contributed by atoms with van der Waals surface area (Å²) in [5, 5.41) is 7.57. The summed E-state index contributed by atoms with van der Waals surface area (Å²) in [4.78, 5) is 21.3. The van der Waals surface area contributed by atoms with Gasteiger partial charge < -0.3 is 15.5 Å². The number of nitrogen functional groups attached to an aromatic ring is 1. The highest BCUT2D eigenvalue weighted by Gasteiger charge is 2.24. The van der Waals surface area contributed by atoms with E-state index in [4.69, 9.17) is 10.2 Å². The number of nitrogens with zero attached hydrogens (tertiary/aromatic N) is 4. The molecular weight excluding hydrogens is 308 g/mol. The molecule has 0 aliphatic carbocycles. The Kier molecular flexibility index (Phi) is 3.73. The molecule has 4 rings (SSSR count). The van der Waals surface area contributed by atoms with Gasteiger partial charge in [0.05, 0.1) is 12.3 Å². The lowest BCUT2D eigenvalue weighted by Crippen LogP contribution is -2.36. The number of nitrogens with two attached hydrogens (primary N) is 1. The fraction of sp³-hybridized carbons (Fsp3) is 0.375. The average molecular weight is 326 g/mol. The van der Waals surface area contributed by atoms with Crippen LogP contribution >= 0.6 is 0 Å². The quantitative estimate of drug-likeness (QED) is 0.704. The lowest BCUT2D eigenvalue weighted by atomic mass is 10.0. The maximum absolute atomic E-state index is 12.7. The molecule has 1 unspecified atom stereocenters. The first-order valence-electron chi connectivity index (χ1n) is 8.07. The number of hydrogen-bond donors (Lipinski definition) is 2. The first-order chi connectivity index (χ1) is 11.7. The Morgan fingerprint density at radius 1 is 1.33 bits per heavy atom. The Labute approximate surface area is 138 Å². The number of Topliss-reactive ketones (excluding diaryl/α,β-unsaturated/α-hetero) is 1. The van der Waals surface area contributed by atoms with Crippen LogP contribution in [0, 0.1) is 0 Å². The van der Waals surface area contributed by atoms with Gasteiger partial charge in [-0.2, -0.15) is 4.52 Å². The molecule has 1 saturated heterocycles. The Hall–Kier alpha value is -2.74. The minimum Gasteiger partial charge on any atom is -0.461 e. The van der Waals surface area contributed by atoms with E-state index < -0.39 is 0 Å². The van der Waals surface area contributed by atoms with Crippen LogP contribution in [0.3, 0.4) is 0 Å². The second-order valence-electron chi connectivity index (χ2n) is 5.90. The number of nitrogens with one attached hydrogen (secondary N) is 1. The molecule has 24 heavy (non-hydrogen) atoms. The monoisotopic (exact) mass is 326 g/mol. The fourth-order valence-electron chi connectivity index (χ4n) is 2.98. The molecule has 8 heteroatoms. The number of anilines is 1. The van der Waals surface area contributed by atoms with Gasteiger partial charge in [-0.05, 0) is 31.5 Å². The normalized spacial score (nSPS) is 18.6. The van der Waals surface area contributed by atoms with Crippen molar-refractivity contribution in [3.63, 3.8) is 0 Å². The molecule has 0 saturated carbocycles. The summed E-state index contributed by atoms with van der Waals surface area (Å²) in [5.74, 6) is 1.03. The molecule has 0 spiro atoms. The molecule has 3 N–H and O–H groups in total. The van der Waals surface area contributed by atoms with Crippen molar-refractivity contribution in [2.75, 3.05) is 12.3 Å². The van der Waals surface area contributed by atoms with E-state index >= 15 is 0 Å². The third-order valence-corrected chi connectivity index (χ3v) is 4.22. The smallest absolute Gasteiger partial charge is 0.223 e.